The molecule has 2 aliphatic carbocycles. The number of ether oxygens (including phenoxy) is 2. The van der Waals surface area contributed by atoms with Crippen molar-refractivity contribution in [3.05, 3.63) is 71.8 Å². The monoisotopic (exact) mass is 419 g/mol. The van der Waals surface area contributed by atoms with E-state index in [0.717, 1.165) is 25.8 Å². The van der Waals surface area contributed by atoms with Crippen LogP contribution in [0.2, 0.25) is 0 Å². The average molecular weight is 420 g/mol. The molecule has 5 rings (SSSR count). The number of carbonyl (C=O) groups excluding carboxylic acids is 2. The van der Waals surface area contributed by atoms with Crippen LogP contribution in [0.1, 0.15) is 52.8 Å². The Morgan fingerprint density at radius 3 is 1.90 bits per heavy atom. The molecular formula is C26H29NO4. The molecule has 2 aromatic rings. The van der Waals surface area contributed by atoms with Crippen molar-refractivity contribution < 1.29 is 19.1 Å². The van der Waals surface area contributed by atoms with E-state index in [1.165, 1.54) is 12.8 Å². The zero-order chi connectivity index (χ0) is 21.2. The van der Waals surface area contributed by atoms with Gasteiger partial charge < -0.3 is 14.8 Å². The van der Waals surface area contributed by atoms with Crippen molar-refractivity contribution in [2.45, 2.75) is 50.4 Å². The van der Waals surface area contributed by atoms with Crippen LogP contribution in [-0.2, 0) is 9.47 Å². The van der Waals surface area contributed by atoms with Gasteiger partial charge >= 0.3 is 11.9 Å². The van der Waals surface area contributed by atoms with E-state index in [2.05, 4.69) is 5.32 Å². The number of carbonyl (C=O) groups is 2. The fraction of sp³-hybridized carbons (Fsp3) is 0.462. The third-order valence-corrected chi connectivity index (χ3v) is 7.39. The molecule has 3 aliphatic rings. The molecule has 0 aromatic heterocycles. The van der Waals surface area contributed by atoms with Crippen LogP contribution >= 0.6 is 0 Å². The number of esters is 2. The third kappa shape index (κ3) is 4.24. The van der Waals surface area contributed by atoms with E-state index in [1.54, 1.807) is 24.3 Å². The summed E-state index contributed by atoms with van der Waals surface area (Å²) in [6.45, 7) is 1.07. The first kappa shape index (κ1) is 20.3. The SMILES string of the molecule is O=C(OC1CC2CCC3NCCC3C2CC1OC(=O)c1ccccc1)c1ccccc1. The Labute approximate surface area is 183 Å². The molecule has 1 saturated heterocycles. The molecule has 0 spiro atoms. The summed E-state index contributed by atoms with van der Waals surface area (Å²) < 4.78 is 11.9. The Balaban J connectivity index is 1.36. The number of hydrogen-bond donors (Lipinski definition) is 1. The predicted molar refractivity (Wildman–Crippen MR) is 117 cm³/mol. The van der Waals surface area contributed by atoms with E-state index in [4.69, 9.17) is 9.47 Å². The second kappa shape index (κ2) is 8.83. The maximum Gasteiger partial charge on any atom is 0.338 e. The molecule has 2 aromatic carbocycles. The predicted octanol–water partition coefficient (Wildman–Crippen LogP) is 4.24. The third-order valence-electron chi connectivity index (χ3n) is 7.39. The molecule has 162 valence electrons. The van der Waals surface area contributed by atoms with Crippen LogP contribution in [0.15, 0.2) is 60.7 Å². The lowest BCUT2D eigenvalue weighted by molar-refractivity contribution is -0.0905. The van der Waals surface area contributed by atoms with Gasteiger partial charge in [-0.2, -0.15) is 0 Å². The van der Waals surface area contributed by atoms with Gasteiger partial charge in [-0.15, -0.1) is 0 Å². The van der Waals surface area contributed by atoms with Crippen molar-refractivity contribution in [1.29, 1.82) is 0 Å². The van der Waals surface area contributed by atoms with Crippen LogP contribution in [0, 0.1) is 17.8 Å². The maximum atomic E-state index is 12.8. The largest absolute Gasteiger partial charge is 0.455 e. The van der Waals surface area contributed by atoms with Crippen LogP contribution in [-0.4, -0.2) is 36.7 Å². The number of benzene rings is 2. The normalized spacial score (nSPS) is 31.9. The average Bonchev–Trinajstić information content (AvgIpc) is 3.30. The zero-order valence-corrected chi connectivity index (χ0v) is 17.6. The highest BCUT2D eigenvalue weighted by Gasteiger charge is 2.49. The summed E-state index contributed by atoms with van der Waals surface area (Å²) in [7, 11) is 0. The summed E-state index contributed by atoms with van der Waals surface area (Å²) in [6, 6.07) is 18.7. The Morgan fingerprint density at radius 1 is 0.710 bits per heavy atom. The van der Waals surface area contributed by atoms with Crippen LogP contribution < -0.4 is 5.32 Å². The highest BCUT2D eigenvalue weighted by molar-refractivity contribution is 5.90. The van der Waals surface area contributed by atoms with Gasteiger partial charge in [0.1, 0.15) is 12.2 Å². The molecule has 0 bridgehead atoms. The highest BCUT2D eigenvalue weighted by atomic mass is 16.6. The van der Waals surface area contributed by atoms with Crippen molar-refractivity contribution in [1.82, 2.24) is 5.32 Å². The minimum Gasteiger partial charge on any atom is -0.455 e. The van der Waals surface area contributed by atoms with Crippen LogP contribution in [0.5, 0.6) is 0 Å². The fourth-order valence-electron chi connectivity index (χ4n) is 5.91. The van der Waals surface area contributed by atoms with Crippen molar-refractivity contribution >= 4 is 11.9 Å². The molecule has 0 amide bonds. The van der Waals surface area contributed by atoms with Gasteiger partial charge in [-0.3, -0.25) is 0 Å². The lowest BCUT2D eigenvalue weighted by Gasteiger charge is -2.47. The quantitative estimate of drug-likeness (QED) is 0.751. The first-order valence-corrected chi connectivity index (χ1v) is 11.4. The molecule has 1 aliphatic heterocycles. The first-order chi connectivity index (χ1) is 15.2. The lowest BCUT2D eigenvalue weighted by Crippen LogP contribution is -2.50. The molecule has 2 saturated carbocycles. The smallest absolute Gasteiger partial charge is 0.338 e. The molecule has 31 heavy (non-hydrogen) atoms. The Kier molecular flexibility index (Phi) is 5.77. The van der Waals surface area contributed by atoms with Crippen molar-refractivity contribution in [3.63, 3.8) is 0 Å². The fourth-order valence-corrected chi connectivity index (χ4v) is 5.91. The van der Waals surface area contributed by atoms with Crippen LogP contribution in [0.25, 0.3) is 0 Å². The number of rotatable bonds is 4. The van der Waals surface area contributed by atoms with Crippen molar-refractivity contribution in [2.24, 2.45) is 17.8 Å². The van der Waals surface area contributed by atoms with Crippen LogP contribution in [0.3, 0.4) is 0 Å². The minimum atomic E-state index is -0.416. The summed E-state index contributed by atoms with van der Waals surface area (Å²) in [5.41, 5.74) is 1.06. The Bertz CT molecular complexity index is 916. The summed E-state index contributed by atoms with van der Waals surface area (Å²) in [6.07, 6.45) is 4.20. The van der Waals surface area contributed by atoms with Gasteiger partial charge in [0.2, 0.25) is 0 Å². The van der Waals surface area contributed by atoms with Gasteiger partial charge in [0.05, 0.1) is 11.1 Å². The molecule has 5 heteroatoms. The van der Waals surface area contributed by atoms with Gasteiger partial charge in [-0.1, -0.05) is 36.4 Å². The van der Waals surface area contributed by atoms with E-state index in [0.29, 0.717) is 34.9 Å². The van der Waals surface area contributed by atoms with E-state index < -0.39 is 12.2 Å². The van der Waals surface area contributed by atoms with Crippen LogP contribution in [0.4, 0.5) is 0 Å². The summed E-state index contributed by atoms with van der Waals surface area (Å²) in [4.78, 5) is 25.6. The Hall–Kier alpha value is -2.66. The van der Waals surface area contributed by atoms with Gasteiger partial charge in [0.25, 0.3) is 0 Å². The summed E-state index contributed by atoms with van der Waals surface area (Å²) in [5, 5.41) is 3.64. The first-order valence-electron chi connectivity index (χ1n) is 11.4. The minimum absolute atomic E-state index is 0.346. The second-order valence-corrected chi connectivity index (χ2v) is 9.11. The second-order valence-electron chi connectivity index (χ2n) is 9.11. The molecule has 0 radical (unpaired) electrons. The maximum absolute atomic E-state index is 12.8. The number of fused-ring (bicyclic) bond motifs is 3. The molecule has 1 heterocycles. The van der Waals surface area contributed by atoms with E-state index in [9.17, 15) is 9.59 Å². The van der Waals surface area contributed by atoms with E-state index in [1.807, 2.05) is 36.4 Å². The molecule has 3 fully saturated rings. The van der Waals surface area contributed by atoms with E-state index in [-0.39, 0.29) is 11.9 Å². The number of nitrogens with one attached hydrogen (secondary N) is 1. The summed E-state index contributed by atoms with van der Waals surface area (Å²) >= 11 is 0. The molecule has 1 N–H and O–H groups in total. The zero-order valence-electron chi connectivity index (χ0n) is 17.6. The highest BCUT2D eigenvalue weighted by Crippen LogP contribution is 2.48. The molecule has 6 atom stereocenters. The van der Waals surface area contributed by atoms with Gasteiger partial charge in [0, 0.05) is 6.04 Å². The van der Waals surface area contributed by atoms with Gasteiger partial charge in [-0.25, -0.2) is 9.59 Å². The summed E-state index contributed by atoms with van der Waals surface area (Å²) in [5.74, 6) is 0.959. The Morgan fingerprint density at radius 2 is 1.29 bits per heavy atom. The van der Waals surface area contributed by atoms with Crippen molar-refractivity contribution in [2.75, 3.05) is 6.54 Å². The molecule has 6 unspecified atom stereocenters. The van der Waals surface area contributed by atoms with Crippen molar-refractivity contribution in [3.8, 4) is 0 Å². The van der Waals surface area contributed by atoms with Gasteiger partial charge in [0.15, 0.2) is 0 Å². The van der Waals surface area contributed by atoms with Gasteiger partial charge in [-0.05, 0) is 80.7 Å². The van der Waals surface area contributed by atoms with E-state index >= 15 is 0 Å². The number of hydrogen-bond acceptors (Lipinski definition) is 5. The topological polar surface area (TPSA) is 64.6 Å². The molecule has 5 nitrogen and oxygen atoms in total. The lowest BCUT2D eigenvalue weighted by atomic mass is 9.62. The molecular weight excluding hydrogens is 390 g/mol. The standard InChI is InChI=1S/C26H29NO4/c28-25(17-7-3-1-4-8-17)30-23-15-19-11-12-22-20(13-14-27-22)21(19)16-24(23)31-26(29)18-9-5-2-6-10-18/h1-10,19-24,27H,11-16H2.